The zero-order valence-electron chi connectivity index (χ0n) is 11.6. The van der Waals surface area contributed by atoms with Crippen molar-refractivity contribution in [3.63, 3.8) is 0 Å². The number of ether oxygens (including phenoxy) is 1. The molecule has 1 fully saturated rings. The molecule has 1 aliphatic rings. The van der Waals surface area contributed by atoms with Gasteiger partial charge in [-0.1, -0.05) is 12.1 Å². The van der Waals surface area contributed by atoms with E-state index in [0.717, 1.165) is 25.1 Å². The second kappa shape index (κ2) is 6.57. The number of hydrogen-bond donors (Lipinski definition) is 2. The third kappa shape index (κ3) is 3.96. The van der Waals surface area contributed by atoms with Crippen LogP contribution in [-0.2, 0) is 4.79 Å². The molecule has 0 saturated carbocycles. The molecule has 4 heteroatoms. The Hall–Kier alpha value is -1.55. The number of nitrogens with one attached hydrogen (secondary N) is 2. The molecular formula is C15H22N2O2. The van der Waals surface area contributed by atoms with E-state index in [4.69, 9.17) is 4.74 Å². The topological polar surface area (TPSA) is 50.4 Å². The van der Waals surface area contributed by atoms with Crippen molar-refractivity contribution in [3.8, 4) is 5.75 Å². The van der Waals surface area contributed by atoms with Crippen molar-refractivity contribution in [1.82, 2.24) is 10.6 Å². The summed E-state index contributed by atoms with van der Waals surface area (Å²) >= 11 is 0. The van der Waals surface area contributed by atoms with Crippen LogP contribution < -0.4 is 15.4 Å². The highest BCUT2D eigenvalue weighted by Crippen LogP contribution is 2.20. The quantitative estimate of drug-likeness (QED) is 0.872. The van der Waals surface area contributed by atoms with Crippen LogP contribution in [-0.4, -0.2) is 25.6 Å². The Morgan fingerprint density at radius 3 is 3.11 bits per heavy atom. The van der Waals surface area contributed by atoms with Crippen molar-refractivity contribution in [1.29, 1.82) is 0 Å². The smallest absolute Gasteiger partial charge is 0.221 e. The third-order valence-corrected chi connectivity index (χ3v) is 3.56. The zero-order valence-corrected chi connectivity index (χ0v) is 11.6. The average molecular weight is 262 g/mol. The van der Waals surface area contributed by atoms with E-state index in [9.17, 15) is 4.79 Å². The molecule has 1 heterocycles. The summed E-state index contributed by atoms with van der Waals surface area (Å²) in [6.45, 7) is 2.92. The maximum atomic E-state index is 11.5. The normalized spacial score (nSPS) is 21.4. The lowest BCUT2D eigenvalue weighted by Crippen LogP contribution is -2.34. The molecule has 4 nitrogen and oxygen atoms in total. The lowest BCUT2D eigenvalue weighted by atomic mass is 10.0. The molecule has 1 aromatic rings. The standard InChI is InChI=1S/C15H22N2O2/c1-11(12-5-3-7-14(9-12)19-2)17-13-6-4-8-16-15(18)10-13/h3,5,7,9,11,13,17H,4,6,8,10H2,1-2H3,(H,16,18)/t11-,13?/m1/s1. The van der Waals surface area contributed by atoms with E-state index in [2.05, 4.69) is 23.6 Å². The van der Waals surface area contributed by atoms with Crippen LogP contribution in [0.3, 0.4) is 0 Å². The van der Waals surface area contributed by atoms with Gasteiger partial charge in [-0.3, -0.25) is 4.79 Å². The lowest BCUT2D eigenvalue weighted by molar-refractivity contribution is -0.121. The number of amides is 1. The molecule has 2 rings (SSSR count). The number of carbonyl (C=O) groups is 1. The molecule has 1 aromatic carbocycles. The molecule has 1 amide bonds. The molecule has 0 aromatic heterocycles. The molecule has 104 valence electrons. The van der Waals surface area contributed by atoms with Crippen molar-refractivity contribution >= 4 is 5.91 Å². The summed E-state index contributed by atoms with van der Waals surface area (Å²) in [4.78, 5) is 11.5. The molecular weight excluding hydrogens is 240 g/mol. The molecule has 1 aliphatic heterocycles. The van der Waals surface area contributed by atoms with Crippen LogP contribution in [0, 0.1) is 0 Å². The van der Waals surface area contributed by atoms with Crippen LogP contribution in [0.15, 0.2) is 24.3 Å². The molecule has 0 aliphatic carbocycles. The fraction of sp³-hybridized carbons (Fsp3) is 0.533. The van der Waals surface area contributed by atoms with Gasteiger partial charge in [-0.2, -0.15) is 0 Å². The van der Waals surface area contributed by atoms with Crippen LogP contribution in [0.25, 0.3) is 0 Å². The monoisotopic (exact) mass is 262 g/mol. The molecule has 0 radical (unpaired) electrons. The average Bonchev–Trinajstić information content (AvgIpc) is 2.63. The first-order valence-electron chi connectivity index (χ1n) is 6.85. The van der Waals surface area contributed by atoms with Crippen LogP contribution in [0.2, 0.25) is 0 Å². The summed E-state index contributed by atoms with van der Waals surface area (Å²) in [7, 11) is 1.67. The highest BCUT2D eigenvalue weighted by molar-refractivity contribution is 5.76. The largest absolute Gasteiger partial charge is 0.497 e. The number of benzene rings is 1. The van der Waals surface area contributed by atoms with Crippen molar-refractivity contribution in [2.24, 2.45) is 0 Å². The van der Waals surface area contributed by atoms with Crippen LogP contribution in [0.1, 0.15) is 37.8 Å². The predicted molar refractivity (Wildman–Crippen MR) is 75.2 cm³/mol. The number of methoxy groups -OCH3 is 1. The minimum Gasteiger partial charge on any atom is -0.497 e. The zero-order chi connectivity index (χ0) is 13.7. The van der Waals surface area contributed by atoms with E-state index in [0.29, 0.717) is 6.42 Å². The van der Waals surface area contributed by atoms with E-state index < -0.39 is 0 Å². The summed E-state index contributed by atoms with van der Waals surface area (Å²) < 4.78 is 5.24. The number of carbonyl (C=O) groups excluding carboxylic acids is 1. The Kier molecular flexibility index (Phi) is 4.80. The molecule has 2 N–H and O–H groups in total. The SMILES string of the molecule is COc1cccc([C@@H](C)NC2CCCNC(=O)C2)c1. The van der Waals surface area contributed by atoms with Gasteiger partial charge >= 0.3 is 0 Å². The van der Waals surface area contributed by atoms with Crippen molar-refractivity contribution < 1.29 is 9.53 Å². The first kappa shape index (κ1) is 13.9. The second-order valence-electron chi connectivity index (χ2n) is 5.06. The highest BCUT2D eigenvalue weighted by Gasteiger charge is 2.19. The van der Waals surface area contributed by atoms with Gasteiger partial charge in [0.15, 0.2) is 0 Å². The van der Waals surface area contributed by atoms with Crippen LogP contribution in [0.5, 0.6) is 5.75 Å². The minimum atomic E-state index is 0.146. The maximum absolute atomic E-state index is 11.5. The van der Waals surface area contributed by atoms with Crippen molar-refractivity contribution in [3.05, 3.63) is 29.8 Å². The van der Waals surface area contributed by atoms with E-state index in [-0.39, 0.29) is 18.0 Å². The summed E-state index contributed by atoms with van der Waals surface area (Å²) in [6, 6.07) is 8.52. The van der Waals surface area contributed by atoms with Gasteiger partial charge in [-0.15, -0.1) is 0 Å². The fourth-order valence-corrected chi connectivity index (χ4v) is 2.48. The minimum absolute atomic E-state index is 0.146. The van der Waals surface area contributed by atoms with Crippen molar-refractivity contribution in [2.75, 3.05) is 13.7 Å². The Bertz CT molecular complexity index is 434. The van der Waals surface area contributed by atoms with Crippen LogP contribution in [0.4, 0.5) is 0 Å². The highest BCUT2D eigenvalue weighted by atomic mass is 16.5. The van der Waals surface area contributed by atoms with Crippen LogP contribution >= 0.6 is 0 Å². The molecule has 19 heavy (non-hydrogen) atoms. The van der Waals surface area contributed by atoms with Gasteiger partial charge in [-0.25, -0.2) is 0 Å². The van der Waals surface area contributed by atoms with Gasteiger partial charge in [0.05, 0.1) is 7.11 Å². The van der Waals surface area contributed by atoms with Gasteiger partial charge in [0.1, 0.15) is 5.75 Å². The van der Waals surface area contributed by atoms with Gasteiger partial charge in [-0.05, 0) is 37.5 Å². The van der Waals surface area contributed by atoms with E-state index in [1.807, 2.05) is 18.2 Å². The second-order valence-corrected chi connectivity index (χ2v) is 5.06. The van der Waals surface area contributed by atoms with Gasteiger partial charge in [0.25, 0.3) is 0 Å². The van der Waals surface area contributed by atoms with Gasteiger partial charge in [0.2, 0.25) is 5.91 Å². The number of rotatable bonds is 4. The molecule has 2 atom stereocenters. The Balaban J connectivity index is 1.98. The Morgan fingerprint density at radius 2 is 2.32 bits per heavy atom. The third-order valence-electron chi connectivity index (χ3n) is 3.56. The molecule has 0 spiro atoms. The first-order valence-corrected chi connectivity index (χ1v) is 6.85. The van der Waals surface area contributed by atoms with Crippen molar-refractivity contribution in [2.45, 2.75) is 38.3 Å². The Morgan fingerprint density at radius 1 is 1.47 bits per heavy atom. The lowest BCUT2D eigenvalue weighted by Gasteiger charge is -2.22. The fourth-order valence-electron chi connectivity index (χ4n) is 2.48. The first-order chi connectivity index (χ1) is 9.19. The predicted octanol–water partition coefficient (Wildman–Crippen LogP) is 2.01. The van der Waals surface area contributed by atoms with E-state index in [1.165, 1.54) is 5.56 Å². The van der Waals surface area contributed by atoms with Gasteiger partial charge < -0.3 is 15.4 Å². The Labute approximate surface area is 114 Å². The number of hydrogen-bond acceptors (Lipinski definition) is 3. The molecule has 0 bridgehead atoms. The summed E-state index contributed by atoms with van der Waals surface area (Å²) in [5.41, 5.74) is 1.18. The molecule has 1 saturated heterocycles. The summed E-state index contributed by atoms with van der Waals surface area (Å²) in [5.74, 6) is 1.01. The summed E-state index contributed by atoms with van der Waals surface area (Å²) in [6.07, 6.45) is 2.63. The summed E-state index contributed by atoms with van der Waals surface area (Å²) in [5, 5.41) is 6.45. The van der Waals surface area contributed by atoms with Gasteiger partial charge in [0, 0.05) is 25.0 Å². The van der Waals surface area contributed by atoms with E-state index >= 15 is 0 Å². The van der Waals surface area contributed by atoms with E-state index in [1.54, 1.807) is 7.11 Å². The maximum Gasteiger partial charge on any atom is 0.221 e. The molecule has 1 unspecified atom stereocenters.